The molecule has 1 saturated heterocycles. The highest BCUT2D eigenvalue weighted by Crippen LogP contribution is 2.39. The number of ketones is 1. The number of ether oxygens (including phenoxy) is 1. The van der Waals surface area contributed by atoms with Crippen LogP contribution in [0.25, 0.3) is 5.76 Å². The van der Waals surface area contributed by atoms with Gasteiger partial charge in [-0.25, -0.2) is 0 Å². The third kappa shape index (κ3) is 5.00. The number of benzene rings is 2. The lowest BCUT2D eigenvalue weighted by atomic mass is 9.96. The van der Waals surface area contributed by atoms with Crippen molar-refractivity contribution in [3.63, 3.8) is 0 Å². The first kappa shape index (κ1) is 23.2. The van der Waals surface area contributed by atoms with Crippen molar-refractivity contribution in [1.29, 1.82) is 0 Å². The van der Waals surface area contributed by atoms with Crippen molar-refractivity contribution in [3.05, 3.63) is 101 Å². The first-order valence-corrected chi connectivity index (χ1v) is 11.1. The topological polar surface area (TPSA) is 83.0 Å². The average molecular weight is 458 g/mol. The number of likely N-dealkylation sites (tertiary alicyclic amines) is 1. The van der Waals surface area contributed by atoms with E-state index in [1.807, 2.05) is 49.3 Å². The molecule has 1 amide bonds. The van der Waals surface area contributed by atoms with Crippen molar-refractivity contribution in [1.82, 2.24) is 14.8 Å². The van der Waals surface area contributed by atoms with E-state index >= 15 is 0 Å². The molecule has 0 saturated carbocycles. The Morgan fingerprint density at radius 1 is 1.00 bits per heavy atom. The second-order valence-electron chi connectivity index (χ2n) is 8.37. The maximum Gasteiger partial charge on any atom is 0.295 e. The van der Waals surface area contributed by atoms with Gasteiger partial charge in [-0.2, -0.15) is 0 Å². The average Bonchev–Trinajstić information content (AvgIpc) is 3.12. The van der Waals surface area contributed by atoms with Gasteiger partial charge in [0.15, 0.2) is 0 Å². The number of carbonyl (C=O) groups is 2. The molecule has 1 atom stereocenters. The fourth-order valence-electron chi connectivity index (χ4n) is 3.92. The van der Waals surface area contributed by atoms with Crippen molar-refractivity contribution < 1.29 is 19.4 Å². The zero-order chi connectivity index (χ0) is 24.1. The maximum absolute atomic E-state index is 13.0. The number of rotatable bonds is 8. The summed E-state index contributed by atoms with van der Waals surface area (Å²) in [7, 11) is 3.80. The number of aliphatic hydroxyl groups excluding tert-OH is 1. The SMILES string of the molecule is CN(C)CCN1C(=O)C(=O)C(=C(O)c2ccc(OCc3ccccc3)cc2)[C@@H]1c1ccncc1. The lowest BCUT2D eigenvalue weighted by molar-refractivity contribution is -0.140. The van der Waals surface area contributed by atoms with Crippen molar-refractivity contribution in [2.75, 3.05) is 27.2 Å². The summed E-state index contributed by atoms with van der Waals surface area (Å²) in [5, 5.41) is 11.1. The molecule has 0 bridgehead atoms. The predicted octanol–water partition coefficient (Wildman–Crippen LogP) is 3.64. The van der Waals surface area contributed by atoms with E-state index in [0.717, 1.165) is 11.1 Å². The van der Waals surface area contributed by atoms with Gasteiger partial charge in [0.25, 0.3) is 11.7 Å². The standard InChI is InChI=1S/C27H27N3O4/c1-29(2)16-17-30-24(20-12-14-28-15-13-20)23(26(32)27(30)33)25(31)21-8-10-22(11-9-21)34-18-19-6-4-3-5-7-19/h3-15,24,31H,16-18H2,1-2H3/t24-/m0/s1. The first-order valence-electron chi connectivity index (χ1n) is 11.1. The van der Waals surface area contributed by atoms with Crippen molar-refractivity contribution in [2.45, 2.75) is 12.6 Å². The zero-order valence-corrected chi connectivity index (χ0v) is 19.2. The molecule has 1 fully saturated rings. The molecule has 174 valence electrons. The Bertz CT molecular complexity index is 1180. The van der Waals surface area contributed by atoms with E-state index in [-0.39, 0.29) is 11.3 Å². The zero-order valence-electron chi connectivity index (χ0n) is 19.2. The van der Waals surface area contributed by atoms with E-state index in [9.17, 15) is 14.7 Å². The molecule has 7 nitrogen and oxygen atoms in total. The van der Waals surface area contributed by atoms with Crippen LogP contribution in [0, 0.1) is 0 Å². The largest absolute Gasteiger partial charge is 0.507 e. The second-order valence-corrected chi connectivity index (χ2v) is 8.37. The predicted molar refractivity (Wildman–Crippen MR) is 129 cm³/mol. The molecular formula is C27H27N3O4. The van der Waals surface area contributed by atoms with Crippen LogP contribution in [0.4, 0.5) is 0 Å². The third-order valence-electron chi connectivity index (χ3n) is 5.73. The van der Waals surface area contributed by atoms with E-state index in [2.05, 4.69) is 4.98 Å². The van der Waals surface area contributed by atoms with Crippen LogP contribution < -0.4 is 4.74 Å². The molecule has 7 heteroatoms. The van der Waals surface area contributed by atoms with Crippen LogP contribution in [-0.2, 0) is 16.2 Å². The molecule has 4 rings (SSSR count). The molecule has 3 aromatic rings. The number of pyridine rings is 1. The number of aliphatic hydroxyl groups is 1. The minimum absolute atomic E-state index is 0.0768. The summed E-state index contributed by atoms with van der Waals surface area (Å²) in [5.41, 5.74) is 2.28. The van der Waals surface area contributed by atoms with E-state index in [1.54, 1.807) is 48.8 Å². The minimum atomic E-state index is -0.692. The molecule has 2 aromatic carbocycles. The highest BCUT2D eigenvalue weighted by molar-refractivity contribution is 6.46. The molecular weight excluding hydrogens is 430 g/mol. The lowest BCUT2D eigenvalue weighted by Crippen LogP contribution is -2.35. The van der Waals surface area contributed by atoms with Gasteiger partial charge in [0.05, 0.1) is 11.6 Å². The van der Waals surface area contributed by atoms with Crippen LogP contribution in [0.15, 0.2) is 84.7 Å². The second kappa shape index (κ2) is 10.3. The van der Waals surface area contributed by atoms with Crippen LogP contribution >= 0.6 is 0 Å². The molecule has 34 heavy (non-hydrogen) atoms. The first-order chi connectivity index (χ1) is 16.5. The number of hydrogen-bond acceptors (Lipinski definition) is 6. The van der Waals surface area contributed by atoms with Gasteiger partial charge < -0.3 is 19.6 Å². The number of Topliss-reactive ketones (excluding diaryl/α,β-unsaturated/α-hetero) is 1. The van der Waals surface area contributed by atoms with Crippen molar-refractivity contribution in [3.8, 4) is 5.75 Å². The van der Waals surface area contributed by atoms with Crippen molar-refractivity contribution >= 4 is 17.4 Å². The van der Waals surface area contributed by atoms with Gasteiger partial charge in [-0.1, -0.05) is 30.3 Å². The van der Waals surface area contributed by atoms with Gasteiger partial charge in [-0.05, 0) is 61.6 Å². The number of amides is 1. The fourth-order valence-corrected chi connectivity index (χ4v) is 3.92. The molecule has 0 unspecified atom stereocenters. The normalized spacial score (nSPS) is 17.4. The maximum atomic E-state index is 13.0. The van der Waals surface area contributed by atoms with Crippen LogP contribution in [0.2, 0.25) is 0 Å². The van der Waals surface area contributed by atoms with E-state index < -0.39 is 17.7 Å². The minimum Gasteiger partial charge on any atom is -0.507 e. The van der Waals surface area contributed by atoms with Gasteiger partial charge in [0.2, 0.25) is 0 Å². The van der Waals surface area contributed by atoms with Crippen LogP contribution in [0.1, 0.15) is 22.7 Å². The Morgan fingerprint density at radius 2 is 1.68 bits per heavy atom. The number of carbonyl (C=O) groups excluding carboxylic acids is 2. The number of hydrogen-bond donors (Lipinski definition) is 1. The van der Waals surface area contributed by atoms with Gasteiger partial charge in [-0.15, -0.1) is 0 Å². The smallest absolute Gasteiger partial charge is 0.295 e. The molecule has 1 aliphatic heterocycles. The van der Waals surface area contributed by atoms with E-state index in [0.29, 0.717) is 31.0 Å². The Labute approximate surface area is 198 Å². The summed E-state index contributed by atoms with van der Waals surface area (Å²) in [6.07, 6.45) is 3.22. The number of nitrogens with zero attached hydrogens (tertiary/aromatic N) is 3. The summed E-state index contributed by atoms with van der Waals surface area (Å²) in [5.74, 6) is -0.879. The monoisotopic (exact) mass is 457 g/mol. The van der Waals surface area contributed by atoms with E-state index in [4.69, 9.17) is 4.74 Å². The molecule has 0 radical (unpaired) electrons. The van der Waals surface area contributed by atoms with Gasteiger partial charge in [0.1, 0.15) is 18.1 Å². The third-order valence-corrected chi connectivity index (χ3v) is 5.73. The number of likely N-dealkylation sites (N-methyl/N-ethyl adjacent to an activating group) is 1. The summed E-state index contributed by atoms with van der Waals surface area (Å²) in [6.45, 7) is 1.36. The van der Waals surface area contributed by atoms with Crippen LogP contribution in [0.3, 0.4) is 0 Å². The fraction of sp³-hybridized carbons (Fsp3) is 0.222. The van der Waals surface area contributed by atoms with Gasteiger partial charge in [0, 0.05) is 31.0 Å². The highest BCUT2D eigenvalue weighted by atomic mass is 16.5. The summed E-state index contributed by atoms with van der Waals surface area (Å²) >= 11 is 0. The molecule has 1 aromatic heterocycles. The van der Waals surface area contributed by atoms with Gasteiger partial charge in [-0.3, -0.25) is 14.6 Å². The van der Waals surface area contributed by atoms with Crippen LogP contribution in [0.5, 0.6) is 5.75 Å². The summed E-state index contributed by atoms with van der Waals surface area (Å²) < 4.78 is 5.81. The Balaban J connectivity index is 1.63. The summed E-state index contributed by atoms with van der Waals surface area (Å²) in [6, 6.07) is 19.5. The van der Waals surface area contributed by atoms with Crippen molar-refractivity contribution in [2.24, 2.45) is 0 Å². The molecule has 1 aliphatic rings. The molecule has 2 heterocycles. The summed E-state index contributed by atoms with van der Waals surface area (Å²) in [4.78, 5) is 33.4. The molecule has 1 N–H and O–H groups in total. The Kier molecular flexibility index (Phi) is 7.04. The Hall–Kier alpha value is -3.97. The lowest BCUT2D eigenvalue weighted by Gasteiger charge is -2.26. The number of aromatic nitrogens is 1. The molecule has 0 aliphatic carbocycles. The van der Waals surface area contributed by atoms with Crippen LogP contribution in [-0.4, -0.2) is 58.8 Å². The van der Waals surface area contributed by atoms with E-state index in [1.165, 1.54) is 4.90 Å². The quantitative estimate of drug-likeness (QED) is 0.316. The molecule has 0 spiro atoms. The van der Waals surface area contributed by atoms with Gasteiger partial charge >= 0.3 is 0 Å². The Morgan fingerprint density at radius 3 is 2.32 bits per heavy atom. The highest BCUT2D eigenvalue weighted by Gasteiger charge is 2.45.